The highest BCUT2D eigenvalue weighted by atomic mass is 16.5. The maximum atomic E-state index is 6.02. The Kier molecular flexibility index (Phi) is 6.83. The van der Waals surface area contributed by atoms with Crippen molar-refractivity contribution in [3.05, 3.63) is 24.3 Å². The predicted molar refractivity (Wildman–Crippen MR) is 84.1 cm³/mol. The maximum Gasteiger partial charge on any atom is 0.161 e. The highest BCUT2D eigenvalue weighted by Crippen LogP contribution is 2.27. The minimum Gasteiger partial charge on any atom is -0.490 e. The van der Waals surface area contributed by atoms with Crippen LogP contribution in [0, 0.1) is 5.92 Å². The highest BCUT2D eigenvalue weighted by molar-refractivity contribution is 5.39. The second-order valence-electron chi connectivity index (χ2n) is 5.39. The van der Waals surface area contributed by atoms with Gasteiger partial charge in [0.15, 0.2) is 11.5 Å². The standard InChI is InChI=1S/C17H27NO3/c1-3-10-20-16-7-5-6-8-17(16)21-13-15(18-4-2)14-9-11-19-12-14/h5-8,14-15,18H,3-4,9-13H2,1-2H3. The zero-order valence-electron chi connectivity index (χ0n) is 13.1. The number of hydrogen-bond donors (Lipinski definition) is 1. The third-order valence-corrected chi connectivity index (χ3v) is 3.73. The van der Waals surface area contributed by atoms with E-state index >= 15 is 0 Å². The van der Waals surface area contributed by atoms with Crippen molar-refractivity contribution in [3.63, 3.8) is 0 Å². The zero-order chi connectivity index (χ0) is 14.9. The highest BCUT2D eigenvalue weighted by Gasteiger charge is 2.25. The molecule has 1 fully saturated rings. The van der Waals surface area contributed by atoms with Gasteiger partial charge in [0.05, 0.1) is 13.2 Å². The lowest BCUT2D eigenvalue weighted by Gasteiger charge is -2.24. The molecule has 0 bridgehead atoms. The lowest BCUT2D eigenvalue weighted by atomic mass is 10.00. The molecule has 1 aromatic carbocycles. The normalized spacial score (nSPS) is 19.4. The molecule has 1 saturated heterocycles. The first-order chi connectivity index (χ1) is 10.3. The lowest BCUT2D eigenvalue weighted by Crippen LogP contribution is -2.41. The van der Waals surface area contributed by atoms with E-state index in [0.29, 0.717) is 25.2 Å². The molecule has 0 radical (unpaired) electrons. The SMILES string of the molecule is CCCOc1ccccc1OCC(NCC)C1CCOC1. The van der Waals surface area contributed by atoms with Gasteiger partial charge in [-0.1, -0.05) is 26.0 Å². The Morgan fingerprint density at radius 1 is 1.24 bits per heavy atom. The van der Waals surface area contributed by atoms with Gasteiger partial charge in [-0.3, -0.25) is 0 Å². The van der Waals surface area contributed by atoms with E-state index in [1.165, 1.54) is 0 Å². The van der Waals surface area contributed by atoms with Crippen LogP contribution in [-0.2, 0) is 4.74 Å². The number of likely N-dealkylation sites (N-methyl/N-ethyl adjacent to an activating group) is 1. The van der Waals surface area contributed by atoms with Crippen molar-refractivity contribution in [3.8, 4) is 11.5 Å². The van der Waals surface area contributed by atoms with Crippen LogP contribution < -0.4 is 14.8 Å². The van der Waals surface area contributed by atoms with Crippen molar-refractivity contribution >= 4 is 0 Å². The molecule has 1 N–H and O–H groups in total. The topological polar surface area (TPSA) is 39.7 Å². The second-order valence-corrected chi connectivity index (χ2v) is 5.39. The van der Waals surface area contributed by atoms with Crippen molar-refractivity contribution in [2.75, 3.05) is 33.0 Å². The summed E-state index contributed by atoms with van der Waals surface area (Å²) in [5.41, 5.74) is 0. The molecular weight excluding hydrogens is 266 g/mol. The minimum absolute atomic E-state index is 0.330. The van der Waals surface area contributed by atoms with E-state index in [1.807, 2.05) is 24.3 Å². The number of para-hydroxylation sites is 2. The molecule has 118 valence electrons. The number of nitrogens with one attached hydrogen (secondary N) is 1. The second kappa shape index (κ2) is 8.90. The average Bonchev–Trinajstić information content (AvgIpc) is 3.04. The van der Waals surface area contributed by atoms with Crippen LogP contribution in [-0.4, -0.2) is 39.0 Å². The smallest absolute Gasteiger partial charge is 0.161 e. The summed E-state index contributed by atoms with van der Waals surface area (Å²) >= 11 is 0. The van der Waals surface area contributed by atoms with Gasteiger partial charge in [0, 0.05) is 18.6 Å². The molecule has 2 unspecified atom stereocenters. The van der Waals surface area contributed by atoms with Gasteiger partial charge in [0.25, 0.3) is 0 Å². The first kappa shape index (κ1) is 16.1. The van der Waals surface area contributed by atoms with Crippen molar-refractivity contribution in [2.24, 2.45) is 5.92 Å². The molecule has 2 atom stereocenters. The van der Waals surface area contributed by atoms with Crippen molar-refractivity contribution in [2.45, 2.75) is 32.7 Å². The minimum atomic E-state index is 0.330. The van der Waals surface area contributed by atoms with E-state index < -0.39 is 0 Å². The molecule has 0 amide bonds. The summed E-state index contributed by atoms with van der Waals surface area (Å²) in [5, 5.41) is 3.51. The van der Waals surface area contributed by atoms with Gasteiger partial charge in [-0.2, -0.15) is 0 Å². The molecule has 1 heterocycles. The molecule has 0 saturated carbocycles. The number of ether oxygens (including phenoxy) is 3. The van der Waals surface area contributed by atoms with Crippen LogP contribution in [0.5, 0.6) is 11.5 Å². The van der Waals surface area contributed by atoms with E-state index in [4.69, 9.17) is 14.2 Å². The number of benzene rings is 1. The fraction of sp³-hybridized carbons (Fsp3) is 0.647. The Morgan fingerprint density at radius 3 is 2.62 bits per heavy atom. The van der Waals surface area contributed by atoms with Gasteiger partial charge >= 0.3 is 0 Å². The molecule has 21 heavy (non-hydrogen) atoms. The van der Waals surface area contributed by atoms with E-state index in [9.17, 15) is 0 Å². The van der Waals surface area contributed by atoms with E-state index in [-0.39, 0.29) is 0 Å². The van der Waals surface area contributed by atoms with Crippen LogP contribution in [0.2, 0.25) is 0 Å². The Morgan fingerprint density at radius 2 is 2.00 bits per heavy atom. The average molecular weight is 293 g/mol. The van der Waals surface area contributed by atoms with Crippen LogP contribution in [0.25, 0.3) is 0 Å². The first-order valence-electron chi connectivity index (χ1n) is 8.00. The molecule has 4 nitrogen and oxygen atoms in total. The Labute approximate surface area is 127 Å². The molecule has 0 spiro atoms. The summed E-state index contributed by atoms with van der Waals surface area (Å²) in [7, 11) is 0. The van der Waals surface area contributed by atoms with E-state index in [2.05, 4.69) is 19.2 Å². The summed E-state index contributed by atoms with van der Waals surface area (Å²) in [6, 6.07) is 8.22. The number of rotatable bonds is 9. The third kappa shape index (κ3) is 4.90. The van der Waals surface area contributed by atoms with Gasteiger partial charge in [-0.15, -0.1) is 0 Å². The van der Waals surface area contributed by atoms with Crippen molar-refractivity contribution in [1.29, 1.82) is 0 Å². The molecule has 0 aromatic heterocycles. The summed E-state index contributed by atoms with van der Waals surface area (Å²) in [6.07, 6.45) is 2.10. The monoisotopic (exact) mass is 293 g/mol. The van der Waals surface area contributed by atoms with Gasteiger partial charge in [0.1, 0.15) is 6.61 Å². The summed E-state index contributed by atoms with van der Waals surface area (Å²) in [6.45, 7) is 8.23. The van der Waals surface area contributed by atoms with Crippen molar-refractivity contribution < 1.29 is 14.2 Å². The van der Waals surface area contributed by atoms with Gasteiger partial charge in [-0.25, -0.2) is 0 Å². The molecule has 4 heteroatoms. The maximum absolute atomic E-state index is 6.02. The van der Waals surface area contributed by atoms with E-state index in [1.54, 1.807) is 0 Å². The summed E-state index contributed by atoms with van der Waals surface area (Å²) in [4.78, 5) is 0. The molecule has 1 aliphatic heterocycles. The number of hydrogen-bond acceptors (Lipinski definition) is 4. The summed E-state index contributed by atoms with van der Waals surface area (Å²) in [5.74, 6) is 2.19. The summed E-state index contributed by atoms with van der Waals surface area (Å²) < 4.78 is 17.2. The Bertz CT molecular complexity index is 405. The van der Waals surface area contributed by atoms with Gasteiger partial charge < -0.3 is 19.5 Å². The molecule has 1 aliphatic rings. The lowest BCUT2D eigenvalue weighted by molar-refractivity contribution is 0.159. The molecular formula is C17H27NO3. The molecule has 0 aliphatic carbocycles. The molecule has 1 aromatic rings. The molecule has 2 rings (SSSR count). The quantitative estimate of drug-likeness (QED) is 0.760. The van der Waals surface area contributed by atoms with Crippen LogP contribution in [0.1, 0.15) is 26.7 Å². The van der Waals surface area contributed by atoms with Crippen molar-refractivity contribution in [1.82, 2.24) is 5.32 Å². The van der Waals surface area contributed by atoms with E-state index in [0.717, 1.165) is 44.1 Å². The fourth-order valence-corrected chi connectivity index (χ4v) is 2.57. The predicted octanol–water partition coefficient (Wildman–Crippen LogP) is 2.87. The first-order valence-corrected chi connectivity index (χ1v) is 8.00. The Hall–Kier alpha value is -1.26. The fourth-order valence-electron chi connectivity index (χ4n) is 2.57. The van der Waals surface area contributed by atoms with Gasteiger partial charge in [0.2, 0.25) is 0 Å². The van der Waals surface area contributed by atoms with Crippen LogP contribution in [0.3, 0.4) is 0 Å². The largest absolute Gasteiger partial charge is 0.490 e. The van der Waals surface area contributed by atoms with Gasteiger partial charge in [-0.05, 0) is 31.5 Å². The van der Waals surface area contributed by atoms with Crippen LogP contribution in [0.15, 0.2) is 24.3 Å². The Balaban J connectivity index is 1.93. The zero-order valence-corrected chi connectivity index (χ0v) is 13.1. The third-order valence-electron chi connectivity index (χ3n) is 3.73. The van der Waals surface area contributed by atoms with Crippen LogP contribution >= 0.6 is 0 Å². The van der Waals surface area contributed by atoms with Crippen LogP contribution in [0.4, 0.5) is 0 Å².